The quantitative estimate of drug-likeness (QED) is 0.732. The van der Waals surface area contributed by atoms with Crippen molar-refractivity contribution in [2.24, 2.45) is 5.92 Å². The summed E-state index contributed by atoms with van der Waals surface area (Å²) >= 11 is 5.60. The summed E-state index contributed by atoms with van der Waals surface area (Å²) in [7, 11) is 0. The molecule has 1 nitrogen and oxygen atoms in total. The minimum Gasteiger partial charge on any atom is -0.313 e. The fourth-order valence-electron chi connectivity index (χ4n) is 1.38. The molecule has 0 heterocycles. The van der Waals surface area contributed by atoms with Crippen LogP contribution in [-0.4, -0.2) is 12.3 Å². The molecule has 1 rings (SSSR count). The van der Waals surface area contributed by atoms with E-state index in [4.69, 9.17) is 0 Å². The Balaban J connectivity index is 2.55. The maximum Gasteiger partial charge on any atom is 0.0231 e. The van der Waals surface area contributed by atoms with E-state index in [0.717, 1.165) is 19.0 Å². The zero-order valence-corrected chi connectivity index (χ0v) is 13.3. The SMILES string of the molecule is CCNCc1ccc(SCC(C)CC)cc1Br. The summed E-state index contributed by atoms with van der Waals surface area (Å²) in [6.07, 6.45) is 1.26. The van der Waals surface area contributed by atoms with Crippen molar-refractivity contribution >= 4 is 27.7 Å². The molecular weight excluding hydrogens is 294 g/mol. The fourth-order valence-corrected chi connectivity index (χ4v) is 3.13. The molecule has 0 aliphatic heterocycles. The van der Waals surface area contributed by atoms with Gasteiger partial charge >= 0.3 is 0 Å². The second kappa shape index (κ2) is 8.17. The molecule has 0 aliphatic carbocycles. The molecule has 1 atom stereocenters. The molecule has 0 bridgehead atoms. The van der Waals surface area contributed by atoms with Gasteiger partial charge in [0.25, 0.3) is 0 Å². The third-order valence-electron chi connectivity index (χ3n) is 2.82. The van der Waals surface area contributed by atoms with Crippen molar-refractivity contribution in [3.63, 3.8) is 0 Å². The average Bonchev–Trinajstić information content (AvgIpc) is 2.34. The van der Waals surface area contributed by atoms with Crippen molar-refractivity contribution in [1.29, 1.82) is 0 Å². The molecule has 1 aromatic carbocycles. The molecule has 0 fully saturated rings. The lowest BCUT2D eigenvalue weighted by Crippen LogP contribution is -2.12. The van der Waals surface area contributed by atoms with Crippen LogP contribution in [0.2, 0.25) is 0 Å². The molecule has 0 radical (unpaired) electrons. The van der Waals surface area contributed by atoms with E-state index in [1.54, 1.807) is 0 Å². The highest BCUT2D eigenvalue weighted by Gasteiger charge is 2.04. The maximum atomic E-state index is 3.65. The van der Waals surface area contributed by atoms with Gasteiger partial charge in [0, 0.05) is 21.7 Å². The van der Waals surface area contributed by atoms with E-state index in [2.05, 4.69) is 60.2 Å². The van der Waals surface area contributed by atoms with Gasteiger partial charge in [-0.3, -0.25) is 0 Å². The number of thioether (sulfide) groups is 1. The maximum absolute atomic E-state index is 3.65. The van der Waals surface area contributed by atoms with Crippen molar-refractivity contribution < 1.29 is 0 Å². The van der Waals surface area contributed by atoms with Gasteiger partial charge in [-0.2, -0.15) is 0 Å². The van der Waals surface area contributed by atoms with E-state index in [1.165, 1.54) is 27.1 Å². The number of benzene rings is 1. The lowest BCUT2D eigenvalue weighted by atomic mass is 10.2. The van der Waals surface area contributed by atoms with Gasteiger partial charge < -0.3 is 5.32 Å². The minimum atomic E-state index is 0.792. The Hall–Kier alpha value is 0.01000. The summed E-state index contributed by atoms with van der Waals surface area (Å²) < 4.78 is 1.22. The molecule has 0 saturated carbocycles. The summed E-state index contributed by atoms with van der Waals surface area (Å²) in [5.41, 5.74) is 1.33. The second-order valence-electron chi connectivity index (χ2n) is 4.36. The monoisotopic (exact) mass is 315 g/mol. The Morgan fingerprint density at radius 3 is 2.71 bits per heavy atom. The Kier molecular flexibility index (Phi) is 7.24. The first-order valence-corrected chi connectivity index (χ1v) is 8.07. The normalized spacial score (nSPS) is 12.7. The molecule has 0 amide bonds. The van der Waals surface area contributed by atoms with Crippen LogP contribution in [0.3, 0.4) is 0 Å². The van der Waals surface area contributed by atoms with E-state index in [1.807, 2.05) is 11.8 Å². The average molecular weight is 316 g/mol. The van der Waals surface area contributed by atoms with Crippen molar-refractivity contribution in [3.05, 3.63) is 28.2 Å². The smallest absolute Gasteiger partial charge is 0.0231 e. The van der Waals surface area contributed by atoms with Gasteiger partial charge in [-0.15, -0.1) is 11.8 Å². The van der Waals surface area contributed by atoms with E-state index < -0.39 is 0 Å². The highest BCUT2D eigenvalue weighted by atomic mass is 79.9. The molecule has 0 spiro atoms. The van der Waals surface area contributed by atoms with Gasteiger partial charge in [0.15, 0.2) is 0 Å². The first-order chi connectivity index (χ1) is 8.17. The van der Waals surface area contributed by atoms with Crippen LogP contribution < -0.4 is 5.32 Å². The second-order valence-corrected chi connectivity index (χ2v) is 6.31. The number of halogens is 1. The van der Waals surface area contributed by atoms with Crippen molar-refractivity contribution in [2.75, 3.05) is 12.3 Å². The molecule has 3 heteroatoms. The number of hydrogen-bond acceptors (Lipinski definition) is 2. The van der Waals surface area contributed by atoms with Gasteiger partial charge in [-0.1, -0.05) is 49.2 Å². The third-order valence-corrected chi connectivity index (χ3v) is 4.88. The van der Waals surface area contributed by atoms with Crippen LogP contribution in [0.15, 0.2) is 27.6 Å². The Morgan fingerprint density at radius 2 is 2.12 bits per heavy atom. The summed E-state index contributed by atoms with van der Waals surface area (Å²) in [6.45, 7) is 8.64. The van der Waals surface area contributed by atoms with Gasteiger partial charge in [0.05, 0.1) is 0 Å². The third kappa shape index (κ3) is 5.45. The zero-order chi connectivity index (χ0) is 12.7. The molecule has 1 aromatic rings. The predicted molar refractivity (Wildman–Crippen MR) is 81.7 cm³/mol. The Bertz CT molecular complexity index is 341. The number of nitrogens with one attached hydrogen (secondary N) is 1. The van der Waals surface area contributed by atoms with Crippen LogP contribution >= 0.6 is 27.7 Å². The van der Waals surface area contributed by atoms with E-state index in [-0.39, 0.29) is 0 Å². The molecule has 0 aromatic heterocycles. The lowest BCUT2D eigenvalue weighted by Gasteiger charge is -2.10. The molecule has 1 unspecified atom stereocenters. The topological polar surface area (TPSA) is 12.0 Å². The van der Waals surface area contributed by atoms with Crippen LogP contribution in [0, 0.1) is 5.92 Å². The summed E-state index contributed by atoms with van der Waals surface area (Å²) in [6, 6.07) is 6.68. The van der Waals surface area contributed by atoms with E-state index in [0.29, 0.717) is 0 Å². The lowest BCUT2D eigenvalue weighted by molar-refractivity contribution is 0.637. The number of rotatable bonds is 7. The molecule has 96 valence electrons. The van der Waals surface area contributed by atoms with E-state index >= 15 is 0 Å². The fraction of sp³-hybridized carbons (Fsp3) is 0.571. The molecule has 17 heavy (non-hydrogen) atoms. The molecule has 0 saturated heterocycles. The van der Waals surface area contributed by atoms with Gasteiger partial charge in [-0.05, 0) is 30.2 Å². The number of hydrogen-bond donors (Lipinski definition) is 1. The first kappa shape index (κ1) is 15.1. The zero-order valence-electron chi connectivity index (χ0n) is 10.9. The largest absolute Gasteiger partial charge is 0.313 e. The van der Waals surface area contributed by atoms with Crippen LogP contribution in [0.25, 0.3) is 0 Å². The molecule has 1 N–H and O–H groups in total. The molecular formula is C14H22BrNS. The highest BCUT2D eigenvalue weighted by Crippen LogP contribution is 2.27. The van der Waals surface area contributed by atoms with Crippen LogP contribution in [0.4, 0.5) is 0 Å². The van der Waals surface area contributed by atoms with Crippen LogP contribution in [0.5, 0.6) is 0 Å². The van der Waals surface area contributed by atoms with Gasteiger partial charge in [0.1, 0.15) is 0 Å². The van der Waals surface area contributed by atoms with Crippen molar-refractivity contribution in [1.82, 2.24) is 5.32 Å². The van der Waals surface area contributed by atoms with Crippen molar-refractivity contribution in [3.8, 4) is 0 Å². The predicted octanol–water partition coefficient (Wildman–Crippen LogP) is 4.70. The summed E-state index contributed by atoms with van der Waals surface area (Å²) in [4.78, 5) is 1.36. The van der Waals surface area contributed by atoms with E-state index in [9.17, 15) is 0 Å². The van der Waals surface area contributed by atoms with Crippen LogP contribution in [-0.2, 0) is 6.54 Å². The summed E-state index contributed by atoms with van der Waals surface area (Å²) in [5.74, 6) is 2.00. The highest BCUT2D eigenvalue weighted by molar-refractivity contribution is 9.10. The Labute approximate surface area is 118 Å². The summed E-state index contributed by atoms with van der Waals surface area (Å²) in [5, 5.41) is 3.35. The van der Waals surface area contributed by atoms with Crippen LogP contribution in [0.1, 0.15) is 32.8 Å². The Morgan fingerprint density at radius 1 is 1.35 bits per heavy atom. The van der Waals surface area contributed by atoms with Gasteiger partial charge in [-0.25, -0.2) is 0 Å². The van der Waals surface area contributed by atoms with Crippen molar-refractivity contribution in [2.45, 2.75) is 38.6 Å². The standard InChI is InChI=1S/C14H22BrNS/c1-4-11(3)10-17-13-7-6-12(9-16-5-2)14(15)8-13/h6-8,11,16H,4-5,9-10H2,1-3H3. The minimum absolute atomic E-state index is 0.792. The first-order valence-electron chi connectivity index (χ1n) is 6.29. The van der Waals surface area contributed by atoms with Gasteiger partial charge in [0.2, 0.25) is 0 Å². The molecule has 0 aliphatic rings.